The van der Waals surface area contributed by atoms with Crippen molar-refractivity contribution in [3.05, 3.63) is 80.6 Å². The first-order chi connectivity index (χ1) is 14.6. The molecule has 4 rings (SSSR count). The van der Waals surface area contributed by atoms with E-state index in [1.165, 1.54) is 11.3 Å². The number of ether oxygens (including phenoxy) is 1. The van der Waals surface area contributed by atoms with Crippen molar-refractivity contribution in [3.63, 3.8) is 0 Å². The lowest BCUT2D eigenvalue weighted by atomic mass is 10.1. The Kier molecular flexibility index (Phi) is 5.91. The van der Waals surface area contributed by atoms with Gasteiger partial charge in [-0.3, -0.25) is 0 Å². The molecule has 2 aromatic heterocycles. The second-order valence-electron chi connectivity index (χ2n) is 6.27. The van der Waals surface area contributed by atoms with Gasteiger partial charge in [0.15, 0.2) is 5.76 Å². The fraction of sp³-hybridized carbons (Fsp3) is 0.0435. The number of furan rings is 1. The van der Waals surface area contributed by atoms with E-state index in [9.17, 15) is 5.26 Å². The third kappa shape index (κ3) is 4.27. The second kappa shape index (κ2) is 8.76. The summed E-state index contributed by atoms with van der Waals surface area (Å²) in [4.78, 5) is 4.58. The van der Waals surface area contributed by atoms with Crippen LogP contribution in [0.2, 0.25) is 10.0 Å². The average Bonchev–Trinajstić information content (AvgIpc) is 3.42. The summed E-state index contributed by atoms with van der Waals surface area (Å²) in [6.45, 7) is 0. The predicted molar refractivity (Wildman–Crippen MR) is 122 cm³/mol. The molecular formula is C23H14Cl2N2O2S. The van der Waals surface area contributed by atoms with Crippen LogP contribution in [0, 0.1) is 11.3 Å². The van der Waals surface area contributed by atoms with E-state index in [0.717, 1.165) is 16.9 Å². The van der Waals surface area contributed by atoms with Crippen LogP contribution in [0.3, 0.4) is 0 Å². The Morgan fingerprint density at radius 2 is 1.87 bits per heavy atom. The first-order valence-corrected chi connectivity index (χ1v) is 10.5. The van der Waals surface area contributed by atoms with Crippen molar-refractivity contribution in [2.45, 2.75) is 0 Å². The van der Waals surface area contributed by atoms with Gasteiger partial charge >= 0.3 is 0 Å². The first-order valence-electron chi connectivity index (χ1n) is 8.85. The Bertz CT molecular complexity index is 1270. The Morgan fingerprint density at radius 3 is 2.57 bits per heavy atom. The SMILES string of the molecule is COc1ccc(C=C(C#N)c2nc(-c3ccc(-c4ccc(Cl)cc4Cl)o3)cs2)cc1. The highest BCUT2D eigenvalue weighted by atomic mass is 35.5. The fourth-order valence-electron chi connectivity index (χ4n) is 2.83. The van der Waals surface area contributed by atoms with Gasteiger partial charge in [-0.05, 0) is 54.1 Å². The lowest BCUT2D eigenvalue weighted by Gasteiger charge is -2.01. The van der Waals surface area contributed by atoms with Gasteiger partial charge < -0.3 is 9.15 Å². The number of thiazole rings is 1. The second-order valence-corrected chi connectivity index (χ2v) is 7.97. The van der Waals surface area contributed by atoms with Crippen LogP contribution in [0.4, 0.5) is 0 Å². The minimum atomic E-state index is 0.476. The summed E-state index contributed by atoms with van der Waals surface area (Å²) in [5.41, 5.74) is 2.77. The molecular weight excluding hydrogens is 439 g/mol. The largest absolute Gasteiger partial charge is 0.497 e. The van der Waals surface area contributed by atoms with Crippen LogP contribution >= 0.6 is 34.5 Å². The number of halogens is 2. The summed E-state index contributed by atoms with van der Waals surface area (Å²) in [6, 6.07) is 18.6. The van der Waals surface area contributed by atoms with Gasteiger partial charge in [-0.1, -0.05) is 35.3 Å². The van der Waals surface area contributed by atoms with Crippen LogP contribution in [0.25, 0.3) is 34.4 Å². The van der Waals surface area contributed by atoms with Crippen molar-refractivity contribution in [1.82, 2.24) is 4.98 Å². The lowest BCUT2D eigenvalue weighted by Crippen LogP contribution is -1.84. The van der Waals surface area contributed by atoms with Crippen molar-refractivity contribution in [3.8, 4) is 34.6 Å². The molecule has 4 aromatic rings. The molecule has 30 heavy (non-hydrogen) atoms. The van der Waals surface area contributed by atoms with Gasteiger partial charge in [-0.15, -0.1) is 11.3 Å². The lowest BCUT2D eigenvalue weighted by molar-refractivity contribution is 0.415. The highest BCUT2D eigenvalue weighted by Gasteiger charge is 2.14. The van der Waals surface area contributed by atoms with E-state index in [4.69, 9.17) is 32.4 Å². The standard InChI is InChI=1S/C23H14Cl2N2O2S/c1-28-17-5-2-14(3-6-17)10-15(12-26)23-27-20(13-30-23)22-9-8-21(29-22)18-7-4-16(24)11-19(18)25/h2-11,13H,1H3. The van der Waals surface area contributed by atoms with Gasteiger partial charge in [0.2, 0.25) is 0 Å². The summed E-state index contributed by atoms with van der Waals surface area (Å²) >= 11 is 13.6. The molecule has 2 aromatic carbocycles. The molecule has 4 nitrogen and oxygen atoms in total. The molecule has 0 N–H and O–H groups in total. The molecule has 0 aliphatic heterocycles. The Labute approximate surface area is 187 Å². The smallest absolute Gasteiger partial charge is 0.154 e. The van der Waals surface area contributed by atoms with Crippen molar-refractivity contribution < 1.29 is 9.15 Å². The molecule has 0 unspecified atom stereocenters. The zero-order chi connectivity index (χ0) is 21.1. The van der Waals surface area contributed by atoms with Crippen LogP contribution in [-0.2, 0) is 0 Å². The molecule has 7 heteroatoms. The molecule has 0 saturated carbocycles. The van der Waals surface area contributed by atoms with E-state index >= 15 is 0 Å². The van der Waals surface area contributed by atoms with Gasteiger partial charge in [0.1, 0.15) is 28.3 Å². The molecule has 148 valence electrons. The maximum Gasteiger partial charge on any atom is 0.154 e. The quantitative estimate of drug-likeness (QED) is 0.295. The van der Waals surface area contributed by atoms with Crippen molar-refractivity contribution in [1.29, 1.82) is 5.26 Å². The molecule has 0 aliphatic carbocycles. The van der Waals surface area contributed by atoms with Gasteiger partial charge in [0, 0.05) is 16.0 Å². The van der Waals surface area contributed by atoms with Crippen molar-refractivity contribution in [2.75, 3.05) is 7.11 Å². The Balaban J connectivity index is 1.61. The molecule has 0 fully saturated rings. The minimum Gasteiger partial charge on any atom is -0.497 e. The summed E-state index contributed by atoms with van der Waals surface area (Å²) < 4.78 is 11.1. The fourth-order valence-corrected chi connectivity index (χ4v) is 4.11. The Morgan fingerprint density at radius 1 is 1.10 bits per heavy atom. The summed E-state index contributed by atoms with van der Waals surface area (Å²) in [6.07, 6.45) is 1.79. The number of benzene rings is 2. The van der Waals surface area contributed by atoms with E-state index < -0.39 is 0 Å². The zero-order valence-electron chi connectivity index (χ0n) is 15.7. The molecule has 0 atom stereocenters. The molecule has 0 aliphatic rings. The number of nitrogens with zero attached hydrogens (tertiary/aromatic N) is 2. The molecule has 0 bridgehead atoms. The normalized spacial score (nSPS) is 11.3. The number of hydrogen-bond acceptors (Lipinski definition) is 5. The molecule has 0 radical (unpaired) electrons. The van der Waals surface area contributed by atoms with Crippen LogP contribution < -0.4 is 4.74 Å². The third-order valence-corrected chi connectivity index (χ3v) is 5.76. The number of aromatic nitrogens is 1. The van der Waals surface area contributed by atoms with Gasteiger partial charge in [-0.2, -0.15) is 5.26 Å². The maximum atomic E-state index is 9.60. The minimum absolute atomic E-state index is 0.476. The first kappa shape index (κ1) is 20.2. The molecule has 0 spiro atoms. The van der Waals surface area contributed by atoms with E-state index in [2.05, 4.69) is 11.1 Å². The van der Waals surface area contributed by atoms with Crippen molar-refractivity contribution >= 4 is 46.2 Å². The average molecular weight is 453 g/mol. The van der Waals surface area contributed by atoms with Gasteiger partial charge in [-0.25, -0.2) is 4.98 Å². The number of hydrogen-bond donors (Lipinski definition) is 0. The van der Waals surface area contributed by atoms with Gasteiger partial charge in [0.05, 0.1) is 17.7 Å². The summed E-state index contributed by atoms with van der Waals surface area (Å²) in [5.74, 6) is 1.98. The molecule has 2 heterocycles. The van der Waals surface area contributed by atoms with Crippen LogP contribution in [0.1, 0.15) is 10.6 Å². The molecule has 0 saturated heterocycles. The van der Waals surface area contributed by atoms with Crippen LogP contribution in [-0.4, -0.2) is 12.1 Å². The van der Waals surface area contributed by atoms with Gasteiger partial charge in [0.25, 0.3) is 0 Å². The highest BCUT2D eigenvalue weighted by molar-refractivity contribution is 7.11. The third-order valence-electron chi connectivity index (χ3n) is 4.34. The van der Waals surface area contributed by atoms with E-state index in [1.54, 1.807) is 25.3 Å². The molecule has 0 amide bonds. The topological polar surface area (TPSA) is 59.0 Å². The summed E-state index contributed by atoms with van der Waals surface area (Å²) in [7, 11) is 1.61. The highest BCUT2D eigenvalue weighted by Crippen LogP contribution is 2.35. The van der Waals surface area contributed by atoms with Crippen LogP contribution in [0.15, 0.2) is 64.4 Å². The zero-order valence-corrected chi connectivity index (χ0v) is 18.1. The van der Waals surface area contributed by atoms with E-state index in [1.807, 2.05) is 47.8 Å². The van der Waals surface area contributed by atoms with E-state index in [-0.39, 0.29) is 0 Å². The Hall–Kier alpha value is -3.04. The number of rotatable bonds is 5. The van der Waals surface area contributed by atoms with E-state index in [0.29, 0.717) is 37.8 Å². The number of methoxy groups -OCH3 is 1. The summed E-state index contributed by atoms with van der Waals surface area (Å²) in [5, 5.41) is 13.2. The monoisotopic (exact) mass is 452 g/mol. The number of nitriles is 1. The van der Waals surface area contributed by atoms with Crippen molar-refractivity contribution in [2.24, 2.45) is 0 Å². The maximum absolute atomic E-state index is 9.60. The number of allylic oxidation sites excluding steroid dienone is 1. The predicted octanol–water partition coefficient (Wildman–Crippen LogP) is 7.45. The van der Waals surface area contributed by atoms with Crippen LogP contribution in [0.5, 0.6) is 5.75 Å².